The fourth-order valence-corrected chi connectivity index (χ4v) is 5.86. The SMILES string of the molecule is C[C@H](NS(=O)(=O)c1ccccc1)C(=O)N1CCN(S(=O)(=O)c2ccc(C#N)cc2)CC1. The first-order valence-corrected chi connectivity index (χ1v) is 12.4. The number of nitriles is 1. The summed E-state index contributed by atoms with van der Waals surface area (Å²) < 4.78 is 54.1. The van der Waals surface area contributed by atoms with Gasteiger partial charge < -0.3 is 4.90 Å². The van der Waals surface area contributed by atoms with E-state index in [9.17, 15) is 21.6 Å². The molecule has 2 aromatic rings. The Morgan fingerprint density at radius 1 is 0.935 bits per heavy atom. The second-order valence-electron chi connectivity index (χ2n) is 7.02. The zero-order chi connectivity index (χ0) is 22.6. The van der Waals surface area contributed by atoms with Crippen LogP contribution in [0.3, 0.4) is 0 Å². The van der Waals surface area contributed by atoms with Gasteiger partial charge in [-0.05, 0) is 43.3 Å². The normalized spacial score (nSPS) is 16.5. The van der Waals surface area contributed by atoms with E-state index in [0.29, 0.717) is 5.56 Å². The molecule has 0 radical (unpaired) electrons. The molecule has 0 aliphatic carbocycles. The first-order valence-electron chi connectivity index (χ1n) is 9.51. The lowest BCUT2D eigenvalue weighted by atomic mass is 10.2. The van der Waals surface area contributed by atoms with E-state index in [1.54, 1.807) is 18.2 Å². The highest BCUT2D eigenvalue weighted by Gasteiger charge is 2.32. The molecule has 31 heavy (non-hydrogen) atoms. The monoisotopic (exact) mass is 462 g/mol. The second-order valence-corrected chi connectivity index (χ2v) is 10.7. The molecule has 9 nitrogen and oxygen atoms in total. The first-order chi connectivity index (χ1) is 14.6. The van der Waals surface area contributed by atoms with Crippen molar-refractivity contribution in [1.82, 2.24) is 13.9 Å². The number of carbonyl (C=O) groups excluding carboxylic acids is 1. The first kappa shape index (κ1) is 22.9. The van der Waals surface area contributed by atoms with Crippen molar-refractivity contribution in [2.75, 3.05) is 26.2 Å². The third-order valence-corrected chi connectivity index (χ3v) is 8.40. The molecule has 1 N–H and O–H groups in total. The van der Waals surface area contributed by atoms with Gasteiger partial charge in [-0.3, -0.25) is 4.79 Å². The molecule has 1 saturated heterocycles. The Kier molecular flexibility index (Phi) is 6.76. The molecule has 1 aliphatic rings. The standard InChI is InChI=1S/C20H22N4O5S2/c1-16(22-30(26,27)18-5-3-2-4-6-18)20(25)23-11-13-24(14-12-23)31(28,29)19-9-7-17(15-21)8-10-19/h2-10,16,22H,11-14H2,1H3/t16-/m0/s1. The van der Waals surface area contributed by atoms with Gasteiger partial charge in [0.1, 0.15) is 0 Å². The summed E-state index contributed by atoms with van der Waals surface area (Å²) in [5, 5.41) is 8.85. The summed E-state index contributed by atoms with van der Waals surface area (Å²) in [7, 11) is -7.59. The minimum absolute atomic E-state index is 0.0629. The van der Waals surface area contributed by atoms with Crippen LogP contribution in [0.5, 0.6) is 0 Å². The van der Waals surface area contributed by atoms with Crippen molar-refractivity contribution in [3.63, 3.8) is 0 Å². The van der Waals surface area contributed by atoms with Gasteiger partial charge in [0.05, 0.1) is 27.5 Å². The molecule has 1 atom stereocenters. The van der Waals surface area contributed by atoms with Crippen LogP contribution in [-0.4, -0.2) is 64.2 Å². The van der Waals surface area contributed by atoms with Crippen molar-refractivity contribution < 1.29 is 21.6 Å². The van der Waals surface area contributed by atoms with Gasteiger partial charge in [-0.15, -0.1) is 0 Å². The van der Waals surface area contributed by atoms with E-state index in [2.05, 4.69) is 4.72 Å². The average molecular weight is 463 g/mol. The summed E-state index contributed by atoms with van der Waals surface area (Å²) in [6.07, 6.45) is 0. The van der Waals surface area contributed by atoms with Crippen LogP contribution >= 0.6 is 0 Å². The van der Waals surface area contributed by atoms with E-state index in [4.69, 9.17) is 5.26 Å². The van der Waals surface area contributed by atoms with Gasteiger partial charge in [0, 0.05) is 26.2 Å². The highest BCUT2D eigenvalue weighted by Crippen LogP contribution is 2.19. The van der Waals surface area contributed by atoms with Crippen LogP contribution in [0.25, 0.3) is 0 Å². The van der Waals surface area contributed by atoms with Crippen LogP contribution in [-0.2, 0) is 24.8 Å². The maximum atomic E-state index is 12.8. The summed E-state index contributed by atoms with van der Waals surface area (Å²) in [5.41, 5.74) is 0.362. The molecule has 3 rings (SSSR count). The summed E-state index contributed by atoms with van der Waals surface area (Å²) in [4.78, 5) is 14.3. The second kappa shape index (κ2) is 9.15. The molecule has 0 bridgehead atoms. The Labute approximate surface area is 182 Å². The van der Waals surface area contributed by atoms with Gasteiger partial charge in [0.15, 0.2) is 0 Å². The summed E-state index contributed by atoms with van der Waals surface area (Å²) in [6.45, 7) is 1.93. The third kappa shape index (κ3) is 5.11. The highest BCUT2D eigenvalue weighted by molar-refractivity contribution is 7.89. The number of nitrogens with one attached hydrogen (secondary N) is 1. The minimum Gasteiger partial charge on any atom is -0.339 e. The van der Waals surface area contributed by atoms with Crippen molar-refractivity contribution in [1.29, 1.82) is 5.26 Å². The number of nitrogens with zero attached hydrogens (tertiary/aromatic N) is 3. The Morgan fingerprint density at radius 2 is 1.52 bits per heavy atom. The number of hydrogen-bond donors (Lipinski definition) is 1. The summed E-state index contributed by atoms with van der Waals surface area (Å²) in [6, 6.07) is 14.3. The number of hydrogen-bond acceptors (Lipinski definition) is 6. The molecule has 1 aliphatic heterocycles. The molecule has 1 amide bonds. The van der Waals surface area contributed by atoms with Crippen LogP contribution in [0.1, 0.15) is 12.5 Å². The zero-order valence-corrected chi connectivity index (χ0v) is 18.4. The number of benzene rings is 2. The zero-order valence-electron chi connectivity index (χ0n) is 16.8. The Morgan fingerprint density at radius 3 is 2.06 bits per heavy atom. The molecule has 1 fully saturated rings. The molecule has 0 spiro atoms. The fraction of sp³-hybridized carbons (Fsp3) is 0.300. The molecule has 11 heteroatoms. The Hall–Kier alpha value is -2.78. The lowest BCUT2D eigenvalue weighted by Gasteiger charge is -2.35. The lowest BCUT2D eigenvalue weighted by Crippen LogP contribution is -2.55. The quantitative estimate of drug-likeness (QED) is 0.675. The van der Waals surface area contributed by atoms with Gasteiger partial charge in [-0.25, -0.2) is 16.8 Å². The van der Waals surface area contributed by atoms with E-state index in [1.165, 1.54) is 52.5 Å². The molecule has 2 aromatic carbocycles. The lowest BCUT2D eigenvalue weighted by molar-refractivity contribution is -0.133. The minimum atomic E-state index is -3.85. The van der Waals surface area contributed by atoms with E-state index in [0.717, 1.165) is 0 Å². The molecule has 0 aromatic heterocycles. The molecule has 1 heterocycles. The number of carbonyl (C=O) groups is 1. The van der Waals surface area contributed by atoms with Gasteiger partial charge in [0.25, 0.3) is 0 Å². The molecule has 164 valence electrons. The van der Waals surface area contributed by atoms with Crippen LogP contribution in [0.4, 0.5) is 0 Å². The van der Waals surface area contributed by atoms with Crippen molar-refractivity contribution >= 4 is 26.0 Å². The number of sulfonamides is 2. The van der Waals surface area contributed by atoms with Crippen molar-refractivity contribution in [2.45, 2.75) is 22.8 Å². The van der Waals surface area contributed by atoms with Gasteiger partial charge >= 0.3 is 0 Å². The van der Waals surface area contributed by atoms with Gasteiger partial charge in [0.2, 0.25) is 26.0 Å². The number of rotatable bonds is 6. The van der Waals surface area contributed by atoms with E-state index in [-0.39, 0.29) is 36.0 Å². The molecule has 0 unspecified atom stereocenters. The van der Waals surface area contributed by atoms with E-state index >= 15 is 0 Å². The predicted molar refractivity (Wildman–Crippen MR) is 113 cm³/mol. The molecule has 0 saturated carbocycles. The van der Waals surface area contributed by atoms with Crippen LogP contribution < -0.4 is 4.72 Å². The van der Waals surface area contributed by atoms with Crippen LogP contribution in [0.2, 0.25) is 0 Å². The Bertz CT molecular complexity index is 1180. The summed E-state index contributed by atoms with van der Waals surface area (Å²) in [5.74, 6) is -0.421. The molecular formula is C20H22N4O5S2. The van der Waals surface area contributed by atoms with E-state index < -0.39 is 32.0 Å². The average Bonchev–Trinajstić information content (AvgIpc) is 2.79. The third-order valence-electron chi connectivity index (χ3n) is 4.93. The maximum Gasteiger partial charge on any atom is 0.243 e. The van der Waals surface area contributed by atoms with Gasteiger partial charge in [-0.1, -0.05) is 18.2 Å². The fourth-order valence-electron chi connectivity index (χ4n) is 3.22. The molecular weight excluding hydrogens is 440 g/mol. The largest absolute Gasteiger partial charge is 0.339 e. The maximum absolute atomic E-state index is 12.8. The van der Waals surface area contributed by atoms with Crippen LogP contribution in [0.15, 0.2) is 64.4 Å². The number of piperazine rings is 1. The predicted octanol–water partition coefficient (Wildman–Crippen LogP) is 0.758. The van der Waals surface area contributed by atoms with Crippen molar-refractivity contribution in [3.05, 3.63) is 60.2 Å². The van der Waals surface area contributed by atoms with Crippen molar-refractivity contribution in [3.8, 4) is 6.07 Å². The Balaban J connectivity index is 1.62. The van der Waals surface area contributed by atoms with Crippen molar-refractivity contribution in [2.24, 2.45) is 0 Å². The van der Waals surface area contributed by atoms with E-state index in [1.807, 2.05) is 6.07 Å². The smallest absolute Gasteiger partial charge is 0.243 e. The highest BCUT2D eigenvalue weighted by atomic mass is 32.2. The topological polar surface area (TPSA) is 128 Å². The van der Waals surface area contributed by atoms with Crippen LogP contribution in [0, 0.1) is 11.3 Å². The number of amides is 1. The summed E-state index contributed by atoms with van der Waals surface area (Å²) >= 11 is 0. The van der Waals surface area contributed by atoms with Gasteiger partial charge in [-0.2, -0.15) is 14.3 Å².